The highest BCUT2D eigenvalue weighted by molar-refractivity contribution is 7.22. The maximum Gasteiger partial charge on any atom is 0.319 e. The Bertz CT molecular complexity index is 1460. The van der Waals surface area contributed by atoms with Crippen LogP contribution in [0.15, 0.2) is 48.8 Å². The average Bonchev–Trinajstić information content (AvgIpc) is 3.35. The van der Waals surface area contributed by atoms with Crippen molar-refractivity contribution in [1.82, 2.24) is 20.2 Å². The molecule has 1 aliphatic heterocycles. The van der Waals surface area contributed by atoms with Crippen LogP contribution in [0.5, 0.6) is 11.5 Å². The van der Waals surface area contributed by atoms with E-state index in [0.29, 0.717) is 35.8 Å². The number of ether oxygens (including phenoxy) is 3. The first kappa shape index (κ1) is 26.9. The van der Waals surface area contributed by atoms with Crippen LogP contribution in [0.4, 0.5) is 19.3 Å². The molecule has 4 aromatic rings. The number of halogens is 2. The van der Waals surface area contributed by atoms with E-state index in [0.717, 1.165) is 29.2 Å². The molecule has 0 unspecified atom stereocenters. The van der Waals surface area contributed by atoms with Gasteiger partial charge in [-0.15, -0.1) is 11.3 Å². The molecule has 0 spiro atoms. The summed E-state index contributed by atoms with van der Waals surface area (Å²) < 4.78 is 46.1. The third kappa shape index (κ3) is 6.31. The van der Waals surface area contributed by atoms with Crippen LogP contribution in [0.3, 0.4) is 0 Å². The van der Waals surface area contributed by atoms with Gasteiger partial charge in [0.1, 0.15) is 5.75 Å². The van der Waals surface area contributed by atoms with E-state index in [2.05, 4.69) is 25.5 Å². The Labute approximate surface area is 227 Å². The molecule has 2 N–H and O–H groups in total. The van der Waals surface area contributed by atoms with Crippen molar-refractivity contribution >= 4 is 33.3 Å². The predicted octanol–water partition coefficient (Wildman–Crippen LogP) is 5.03. The number of methoxy groups -OCH3 is 1. The molecule has 39 heavy (non-hydrogen) atoms. The van der Waals surface area contributed by atoms with Gasteiger partial charge in [-0.1, -0.05) is 6.07 Å². The van der Waals surface area contributed by atoms with Crippen LogP contribution >= 0.6 is 11.3 Å². The molecule has 0 aliphatic carbocycles. The largest absolute Gasteiger partial charge is 0.453 e. The Morgan fingerprint density at radius 2 is 2.00 bits per heavy atom. The molecule has 12 heteroatoms. The van der Waals surface area contributed by atoms with E-state index in [1.54, 1.807) is 19.4 Å². The molecule has 0 radical (unpaired) electrons. The standard InChI is InChI=1S/C27H27F2N5O4S/c1-34(9-10-36-2)13-16-3-4-18(31-12-16)23-11-20-26(39-23)22(7-8-30-20)38-21-6-5-19(24(28)25(21)29)33-27(35)32-17-14-37-15-17/h3-8,11-12,17H,9-10,13-15H2,1-2H3,(H2,32,33,35). The summed E-state index contributed by atoms with van der Waals surface area (Å²) in [7, 11) is 3.70. The zero-order valence-electron chi connectivity index (χ0n) is 21.4. The van der Waals surface area contributed by atoms with E-state index in [9.17, 15) is 13.6 Å². The maximum absolute atomic E-state index is 14.9. The zero-order chi connectivity index (χ0) is 27.4. The third-order valence-electron chi connectivity index (χ3n) is 6.07. The molecule has 1 saturated heterocycles. The average molecular weight is 556 g/mol. The third-order valence-corrected chi connectivity index (χ3v) is 7.23. The van der Waals surface area contributed by atoms with Crippen LogP contribution in [0, 0.1) is 11.6 Å². The number of rotatable bonds is 10. The summed E-state index contributed by atoms with van der Waals surface area (Å²) in [5.74, 6) is -2.42. The van der Waals surface area contributed by atoms with Crippen LogP contribution in [0.2, 0.25) is 0 Å². The second-order valence-electron chi connectivity index (χ2n) is 9.09. The Kier molecular flexibility index (Phi) is 8.27. The fourth-order valence-electron chi connectivity index (χ4n) is 3.91. The number of nitrogens with zero attached hydrogens (tertiary/aromatic N) is 3. The molecule has 9 nitrogen and oxygen atoms in total. The Morgan fingerprint density at radius 1 is 1.15 bits per heavy atom. The molecule has 1 aliphatic rings. The Morgan fingerprint density at radius 3 is 2.72 bits per heavy atom. The van der Waals surface area contributed by atoms with Crippen molar-refractivity contribution in [2.24, 2.45) is 0 Å². The van der Waals surface area contributed by atoms with Crippen molar-refractivity contribution in [2.75, 3.05) is 45.8 Å². The van der Waals surface area contributed by atoms with Gasteiger partial charge in [0.05, 0.1) is 52.3 Å². The molecule has 1 fully saturated rings. The normalized spacial score (nSPS) is 13.5. The number of anilines is 1. The van der Waals surface area contributed by atoms with Crippen molar-refractivity contribution in [3.05, 3.63) is 66.0 Å². The molecule has 3 aromatic heterocycles. The highest BCUT2D eigenvalue weighted by Crippen LogP contribution is 2.39. The number of hydrogen-bond donors (Lipinski definition) is 2. The quantitative estimate of drug-likeness (QED) is 0.283. The van der Waals surface area contributed by atoms with Gasteiger partial charge in [0.2, 0.25) is 5.82 Å². The highest BCUT2D eigenvalue weighted by Gasteiger charge is 2.22. The van der Waals surface area contributed by atoms with E-state index < -0.39 is 17.7 Å². The van der Waals surface area contributed by atoms with Gasteiger partial charge < -0.3 is 24.8 Å². The SMILES string of the molecule is COCCN(C)Cc1ccc(-c2cc3nccc(Oc4ccc(NC(=O)NC5COC5)c(F)c4F)c3s2)nc1. The molecular formula is C27H27F2N5O4S. The second-order valence-corrected chi connectivity index (χ2v) is 10.1. The van der Waals surface area contributed by atoms with Gasteiger partial charge in [0, 0.05) is 38.7 Å². The van der Waals surface area contributed by atoms with Gasteiger partial charge in [-0.05, 0) is 36.9 Å². The van der Waals surface area contributed by atoms with Gasteiger partial charge in [0.15, 0.2) is 11.6 Å². The van der Waals surface area contributed by atoms with Gasteiger partial charge >= 0.3 is 6.03 Å². The summed E-state index contributed by atoms with van der Waals surface area (Å²) >= 11 is 1.39. The monoisotopic (exact) mass is 555 g/mol. The van der Waals surface area contributed by atoms with Crippen molar-refractivity contribution in [2.45, 2.75) is 12.6 Å². The van der Waals surface area contributed by atoms with E-state index in [-0.39, 0.29) is 17.5 Å². The minimum absolute atomic E-state index is 0.147. The minimum Gasteiger partial charge on any atom is -0.453 e. The summed E-state index contributed by atoms with van der Waals surface area (Å²) in [6, 6.07) is 9.17. The lowest BCUT2D eigenvalue weighted by Gasteiger charge is -2.26. The Hall–Kier alpha value is -3.71. The van der Waals surface area contributed by atoms with Crippen LogP contribution in [0.1, 0.15) is 5.56 Å². The lowest BCUT2D eigenvalue weighted by Crippen LogP contribution is -2.50. The number of amides is 2. The molecule has 0 bridgehead atoms. The fourth-order valence-corrected chi connectivity index (χ4v) is 4.95. The summed E-state index contributed by atoms with van der Waals surface area (Å²) in [6.07, 6.45) is 3.38. The zero-order valence-corrected chi connectivity index (χ0v) is 22.2. The second kappa shape index (κ2) is 12.0. The van der Waals surface area contributed by atoms with Crippen molar-refractivity contribution < 1.29 is 27.8 Å². The lowest BCUT2D eigenvalue weighted by molar-refractivity contribution is 0.000731. The summed E-state index contributed by atoms with van der Waals surface area (Å²) in [5.41, 5.74) is 2.20. The number of likely N-dealkylation sites (N-methyl/N-ethyl adjacent to an activating group) is 1. The molecule has 0 atom stereocenters. The van der Waals surface area contributed by atoms with Gasteiger partial charge in [-0.3, -0.25) is 14.9 Å². The van der Waals surface area contributed by atoms with E-state index >= 15 is 0 Å². The van der Waals surface area contributed by atoms with E-state index in [1.165, 1.54) is 23.5 Å². The highest BCUT2D eigenvalue weighted by atomic mass is 32.1. The molecule has 1 aromatic carbocycles. The number of aromatic nitrogens is 2. The fraction of sp³-hybridized carbons (Fsp3) is 0.296. The Balaban J connectivity index is 1.31. The number of pyridine rings is 2. The number of fused-ring (bicyclic) bond motifs is 1. The molecule has 204 valence electrons. The smallest absolute Gasteiger partial charge is 0.319 e. The van der Waals surface area contributed by atoms with E-state index in [4.69, 9.17) is 14.2 Å². The summed E-state index contributed by atoms with van der Waals surface area (Å²) in [4.78, 5) is 24.0. The van der Waals surface area contributed by atoms with Crippen molar-refractivity contribution in [1.29, 1.82) is 0 Å². The first-order valence-electron chi connectivity index (χ1n) is 12.2. The topological polar surface area (TPSA) is 97.8 Å². The van der Waals surface area contributed by atoms with Crippen LogP contribution in [0.25, 0.3) is 20.8 Å². The van der Waals surface area contributed by atoms with Gasteiger partial charge in [0.25, 0.3) is 0 Å². The summed E-state index contributed by atoms with van der Waals surface area (Å²) in [6.45, 7) is 3.00. The first-order valence-corrected chi connectivity index (χ1v) is 13.1. The molecule has 2 amide bonds. The van der Waals surface area contributed by atoms with Crippen LogP contribution in [-0.2, 0) is 16.0 Å². The van der Waals surface area contributed by atoms with Crippen molar-refractivity contribution in [3.63, 3.8) is 0 Å². The molecule has 5 rings (SSSR count). The number of hydrogen-bond acceptors (Lipinski definition) is 8. The molecular weight excluding hydrogens is 528 g/mol. The van der Waals surface area contributed by atoms with Gasteiger partial charge in [-0.2, -0.15) is 4.39 Å². The number of carbonyl (C=O) groups is 1. The van der Waals surface area contributed by atoms with Crippen molar-refractivity contribution in [3.8, 4) is 22.1 Å². The number of thiophene rings is 1. The maximum atomic E-state index is 14.9. The number of carbonyl (C=O) groups excluding carboxylic acids is 1. The van der Waals surface area contributed by atoms with Crippen LogP contribution < -0.4 is 15.4 Å². The van der Waals surface area contributed by atoms with Crippen LogP contribution in [-0.4, -0.2) is 67.5 Å². The number of benzene rings is 1. The van der Waals surface area contributed by atoms with Gasteiger partial charge in [-0.25, -0.2) is 9.18 Å². The molecule has 4 heterocycles. The minimum atomic E-state index is -1.22. The number of urea groups is 1. The molecule has 0 saturated carbocycles. The first-order chi connectivity index (χ1) is 18.9. The number of nitrogens with one attached hydrogen (secondary N) is 2. The lowest BCUT2D eigenvalue weighted by atomic mass is 10.2. The summed E-state index contributed by atoms with van der Waals surface area (Å²) in [5, 5.41) is 4.92. The predicted molar refractivity (Wildman–Crippen MR) is 144 cm³/mol. The van der Waals surface area contributed by atoms with E-state index in [1.807, 2.05) is 31.4 Å².